The Morgan fingerprint density at radius 3 is 2.81 bits per heavy atom. The molecule has 1 N–H and O–H groups in total. The van der Waals surface area contributed by atoms with Crippen LogP contribution in [0.3, 0.4) is 0 Å². The van der Waals surface area contributed by atoms with Gasteiger partial charge in [-0.05, 0) is 32.0 Å². The number of likely N-dealkylation sites (N-methyl/N-ethyl adjacent to an activating group) is 1. The topological polar surface area (TPSA) is 15.3 Å². The van der Waals surface area contributed by atoms with E-state index in [0.29, 0.717) is 12.1 Å². The molecule has 0 radical (unpaired) electrons. The van der Waals surface area contributed by atoms with E-state index in [1.807, 2.05) is 0 Å². The Bertz CT molecular complexity index is 354. The minimum absolute atomic E-state index is 0.494. The monoisotopic (exact) mass is 282 g/mol. The summed E-state index contributed by atoms with van der Waals surface area (Å²) in [5, 5.41) is 3.36. The van der Waals surface area contributed by atoms with Crippen molar-refractivity contribution >= 4 is 15.9 Å². The first-order chi connectivity index (χ1) is 7.72. The second-order valence-corrected chi connectivity index (χ2v) is 5.32. The quantitative estimate of drug-likeness (QED) is 0.917. The number of benzene rings is 1. The van der Waals surface area contributed by atoms with E-state index < -0.39 is 0 Å². The summed E-state index contributed by atoms with van der Waals surface area (Å²) >= 11 is 3.63. The molecule has 2 atom stereocenters. The normalized spacial score (nSPS) is 23.6. The molecule has 1 aromatic rings. The average molecular weight is 283 g/mol. The highest BCUT2D eigenvalue weighted by atomic mass is 79.9. The van der Waals surface area contributed by atoms with Crippen molar-refractivity contribution in [3.05, 3.63) is 34.3 Å². The Kier molecular flexibility index (Phi) is 4.00. The van der Waals surface area contributed by atoms with E-state index >= 15 is 0 Å². The van der Waals surface area contributed by atoms with Gasteiger partial charge in [-0.3, -0.25) is 4.90 Å². The van der Waals surface area contributed by atoms with E-state index in [1.54, 1.807) is 0 Å². The smallest absolute Gasteiger partial charge is 0.0331 e. The molecule has 1 heterocycles. The summed E-state index contributed by atoms with van der Waals surface area (Å²) in [4.78, 5) is 2.54. The maximum atomic E-state index is 3.63. The van der Waals surface area contributed by atoms with Crippen LogP contribution in [0.4, 0.5) is 0 Å². The van der Waals surface area contributed by atoms with Crippen LogP contribution >= 0.6 is 15.9 Å². The molecule has 1 aromatic carbocycles. The number of rotatable bonds is 3. The molecule has 0 aromatic heterocycles. The molecule has 1 aliphatic heterocycles. The lowest BCUT2D eigenvalue weighted by Gasteiger charge is -2.25. The second-order valence-electron chi connectivity index (χ2n) is 4.47. The Morgan fingerprint density at radius 1 is 1.44 bits per heavy atom. The molecular formula is C13H19BrN2. The first-order valence-corrected chi connectivity index (χ1v) is 6.67. The maximum absolute atomic E-state index is 3.63. The van der Waals surface area contributed by atoms with Gasteiger partial charge in [0.2, 0.25) is 0 Å². The van der Waals surface area contributed by atoms with Crippen LogP contribution in [0.5, 0.6) is 0 Å². The van der Waals surface area contributed by atoms with Crippen molar-refractivity contribution in [3.63, 3.8) is 0 Å². The van der Waals surface area contributed by atoms with Gasteiger partial charge in [-0.15, -0.1) is 0 Å². The van der Waals surface area contributed by atoms with Gasteiger partial charge in [-0.1, -0.05) is 34.1 Å². The van der Waals surface area contributed by atoms with Gasteiger partial charge in [-0.25, -0.2) is 0 Å². The van der Waals surface area contributed by atoms with E-state index in [2.05, 4.69) is 64.4 Å². The molecular weight excluding hydrogens is 264 g/mol. The molecule has 16 heavy (non-hydrogen) atoms. The molecule has 0 spiro atoms. The SMILES string of the molecule is CNC1CCN(C(C)c2ccccc2Br)C1. The summed E-state index contributed by atoms with van der Waals surface area (Å²) in [5.74, 6) is 0. The summed E-state index contributed by atoms with van der Waals surface area (Å²) in [5.41, 5.74) is 1.39. The minimum Gasteiger partial charge on any atom is -0.316 e. The summed E-state index contributed by atoms with van der Waals surface area (Å²) in [6.07, 6.45) is 1.26. The molecule has 0 amide bonds. The summed E-state index contributed by atoms with van der Waals surface area (Å²) in [6.45, 7) is 4.63. The highest BCUT2D eigenvalue weighted by Gasteiger charge is 2.26. The first kappa shape index (κ1) is 12.1. The molecule has 2 nitrogen and oxygen atoms in total. The molecule has 0 aliphatic carbocycles. The van der Waals surface area contributed by atoms with E-state index in [4.69, 9.17) is 0 Å². The van der Waals surface area contributed by atoms with Crippen molar-refractivity contribution in [2.45, 2.75) is 25.4 Å². The van der Waals surface area contributed by atoms with Crippen LogP contribution in [-0.2, 0) is 0 Å². The third-order valence-corrected chi connectivity index (χ3v) is 4.25. The van der Waals surface area contributed by atoms with Crippen LogP contribution in [0.2, 0.25) is 0 Å². The molecule has 0 bridgehead atoms. The Balaban J connectivity index is 2.08. The van der Waals surface area contributed by atoms with Crippen LogP contribution in [0.1, 0.15) is 24.9 Å². The van der Waals surface area contributed by atoms with E-state index in [0.717, 1.165) is 6.54 Å². The highest BCUT2D eigenvalue weighted by Crippen LogP contribution is 2.29. The van der Waals surface area contributed by atoms with E-state index in [-0.39, 0.29) is 0 Å². The van der Waals surface area contributed by atoms with E-state index in [1.165, 1.54) is 23.0 Å². The molecule has 3 heteroatoms. The van der Waals surface area contributed by atoms with Crippen molar-refractivity contribution in [1.82, 2.24) is 10.2 Å². The highest BCUT2D eigenvalue weighted by molar-refractivity contribution is 9.10. The standard InChI is InChI=1S/C13H19BrN2/c1-10(12-5-3-4-6-13(12)14)16-8-7-11(9-16)15-2/h3-6,10-11,15H,7-9H2,1-2H3. The average Bonchev–Trinajstić information content (AvgIpc) is 2.77. The van der Waals surface area contributed by atoms with Crippen molar-refractivity contribution in [2.24, 2.45) is 0 Å². The minimum atomic E-state index is 0.494. The molecule has 88 valence electrons. The zero-order chi connectivity index (χ0) is 11.5. The first-order valence-electron chi connectivity index (χ1n) is 5.88. The van der Waals surface area contributed by atoms with Crippen LogP contribution in [0.25, 0.3) is 0 Å². The number of hydrogen-bond acceptors (Lipinski definition) is 2. The fraction of sp³-hybridized carbons (Fsp3) is 0.538. The zero-order valence-electron chi connectivity index (χ0n) is 9.91. The molecule has 0 saturated carbocycles. The molecule has 1 saturated heterocycles. The number of halogens is 1. The predicted molar refractivity (Wildman–Crippen MR) is 71.6 cm³/mol. The van der Waals surface area contributed by atoms with Gasteiger partial charge in [0, 0.05) is 29.6 Å². The maximum Gasteiger partial charge on any atom is 0.0331 e. The van der Waals surface area contributed by atoms with Gasteiger partial charge < -0.3 is 5.32 Å². The van der Waals surface area contributed by atoms with Gasteiger partial charge in [-0.2, -0.15) is 0 Å². The second kappa shape index (κ2) is 5.30. The van der Waals surface area contributed by atoms with Crippen molar-refractivity contribution in [1.29, 1.82) is 0 Å². The third-order valence-electron chi connectivity index (χ3n) is 3.53. The molecule has 1 aliphatic rings. The van der Waals surface area contributed by atoms with Gasteiger partial charge in [0.15, 0.2) is 0 Å². The van der Waals surface area contributed by atoms with Crippen LogP contribution in [0.15, 0.2) is 28.7 Å². The van der Waals surface area contributed by atoms with Crippen molar-refractivity contribution in [3.8, 4) is 0 Å². The Labute approximate surface area is 106 Å². The van der Waals surface area contributed by atoms with Gasteiger partial charge in [0.25, 0.3) is 0 Å². The fourth-order valence-corrected chi connectivity index (χ4v) is 3.00. The zero-order valence-corrected chi connectivity index (χ0v) is 11.5. The van der Waals surface area contributed by atoms with Gasteiger partial charge in [0.05, 0.1) is 0 Å². The number of nitrogens with one attached hydrogen (secondary N) is 1. The summed E-state index contributed by atoms with van der Waals surface area (Å²) < 4.78 is 1.22. The summed E-state index contributed by atoms with van der Waals surface area (Å²) in [6, 6.07) is 9.67. The van der Waals surface area contributed by atoms with Crippen LogP contribution in [-0.4, -0.2) is 31.1 Å². The van der Waals surface area contributed by atoms with E-state index in [9.17, 15) is 0 Å². The predicted octanol–water partition coefficient (Wildman–Crippen LogP) is 2.80. The van der Waals surface area contributed by atoms with Crippen LogP contribution < -0.4 is 5.32 Å². The van der Waals surface area contributed by atoms with Gasteiger partial charge >= 0.3 is 0 Å². The number of nitrogens with zero attached hydrogens (tertiary/aromatic N) is 1. The molecule has 2 rings (SSSR count). The van der Waals surface area contributed by atoms with Crippen LogP contribution in [0, 0.1) is 0 Å². The van der Waals surface area contributed by atoms with Crippen molar-refractivity contribution in [2.75, 3.05) is 20.1 Å². The molecule has 2 unspecified atom stereocenters. The largest absolute Gasteiger partial charge is 0.316 e. The lowest BCUT2D eigenvalue weighted by atomic mass is 10.1. The molecule has 1 fully saturated rings. The Hall–Kier alpha value is -0.380. The lowest BCUT2D eigenvalue weighted by molar-refractivity contribution is 0.256. The van der Waals surface area contributed by atoms with Gasteiger partial charge in [0.1, 0.15) is 0 Å². The number of hydrogen-bond donors (Lipinski definition) is 1. The lowest BCUT2D eigenvalue weighted by Crippen LogP contribution is -2.31. The fourth-order valence-electron chi connectivity index (χ4n) is 2.39. The number of likely N-dealkylation sites (tertiary alicyclic amines) is 1. The summed E-state index contributed by atoms with van der Waals surface area (Å²) in [7, 11) is 2.05. The van der Waals surface area contributed by atoms with Crippen molar-refractivity contribution < 1.29 is 0 Å². The Morgan fingerprint density at radius 2 is 2.19 bits per heavy atom. The third kappa shape index (κ3) is 2.47.